The Balaban J connectivity index is 1.43. The van der Waals surface area contributed by atoms with E-state index < -0.39 is 15.8 Å². The van der Waals surface area contributed by atoms with Crippen molar-refractivity contribution < 1.29 is 13.2 Å². The SMILES string of the molecule is O=C(NN=C1C2CC3CC(C2)CC1C3)[C@H]1CCS(=O)(=O)C1. The van der Waals surface area contributed by atoms with E-state index in [0.29, 0.717) is 18.3 Å². The van der Waals surface area contributed by atoms with Crippen LogP contribution in [0.25, 0.3) is 0 Å². The fourth-order valence-electron chi connectivity index (χ4n) is 5.06. The van der Waals surface area contributed by atoms with Gasteiger partial charge in [0, 0.05) is 5.71 Å². The van der Waals surface area contributed by atoms with Crippen LogP contribution in [0, 0.1) is 29.6 Å². The molecule has 1 heterocycles. The highest BCUT2D eigenvalue weighted by Crippen LogP contribution is 2.52. The highest BCUT2D eigenvalue weighted by atomic mass is 32.2. The number of carbonyl (C=O) groups is 1. The van der Waals surface area contributed by atoms with E-state index in [9.17, 15) is 13.2 Å². The Kier molecular flexibility index (Phi) is 3.14. The van der Waals surface area contributed by atoms with Gasteiger partial charge in [-0.15, -0.1) is 0 Å². The lowest BCUT2D eigenvalue weighted by Crippen LogP contribution is -2.46. The Bertz CT molecular complexity index is 566. The molecule has 1 atom stereocenters. The minimum absolute atomic E-state index is 0.0132. The average molecular weight is 310 g/mol. The largest absolute Gasteiger partial charge is 0.273 e. The van der Waals surface area contributed by atoms with Crippen LogP contribution in [0.4, 0.5) is 0 Å². The molecular weight excluding hydrogens is 288 g/mol. The second-order valence-electron chi connectivity index (χ2n) is 7.42. The first-order valence-corrected chi connectivity index (χ1v) is 9.90. The van der Waals surface area contributed by atoms with Gasteiger partial charge < -0.3 is 0 Å². The average Bonchev–Trinajstić information content (AvgIpc) is 2.77. The van der Waals surface area contributed by atoms with Crippen LogP contribution in [-0.4, -0.2) is 31.5 Å². The van der Waals surface area contributed by atoms with Gasteiger partial charge in [-0.3, -0.25) is 4.79 Å². The van der Waals surface area contributed by atoms with Crippen molar-refractivity contribution in [3.63, 3.8) is 0 Å². The molecule has 1 amide bonds. The van der Waals surface area contributed by atoms with E-state index in [1.165, 1.54) is 37.8 Å². The van der Waals surface area contributed by atoms with Gasteiger partial charge >= 0.3 is 0 Å². The third-order valence-electron chi connectivity index (χ3n) is 5.87. The first-order valence-electron chi connectivity index (χ1n) is 8.08. The third kappa shape index (κ3) is 2.51. The van der Waals surface area contributed by atoms with Crippen LogP contribution >= 0.6 is 0 Å². The molecule has 0 aromatic heterocycles. The summed E-state index contributed by atoms with van der Waals surface area (Å²) in [7, 11) is -3.01. The molecule has 5 aliphatic rings. The summed E-state index contributed by atoms with van der Waals surface area (Å²) in [5.41, 5.74) is 3.87. The van der Waals surface area contributed by atoms with Crippen LogP contribution in [-0.2, 0) is 14.6 Å². The van der Waals surface area contributed by atoms with Gasteiger partial charge in [0.05, 0.1) is 17.4 Å². The van der Waals surface area contributed by atoms with E-state index in [-0.39, 0.29) is 17.4 Å². The number of amides is 1. The molecule has 0 radical (unpaired) electrons. The zero-order chi connectivity index (χ0) is 14.6. The normalized spacial score (nSPS) is 43.0. The summed E-state index contributed by atoms with van der Waals surface area (Å²) >= 11 is 0. The molecule has 0 aromatic rings. The van der Waals surface area contributed by atoms with Crippen LogP contribution in [0.15, 0.2) is 5.10 Å². The van der Waals surface area contributed by atoms with Gasteiger partial charge in [-0.05, 0) is 62.2 Å². The minimum atomic E-state index is -3.01. The first-order chi connectivity index (χ1) is 10.00. The summed E-state index contributed by atoms with van der Waals surface area (Å²) in [4.78, 5) is 12.1. The predicted molar refractivity (Wildman–Crippen MR) is 79.4 cm³/mol. The van der Waals surface area contributed by atoms with Crippen molar-refractivity contribution in [1.29, 1.82) is 0 Å². The number of nitrogens with one attached hydrogen (secondary N) is 1. The molecule has 5 nitrogen and oxygen atoms in total. The van der Waals surface area contributed by atoms with Gasteiger partial charge in [0.1, 0.15) is 0 Å². The molecular formula is C15H22N2O3S. The van der Waals surface area contributed by atoms with Crippen molar-refractivity contribution in [2.75, 3.05) is 11.5 Å². The Labute approximate surface area is 125 Å². The van der Waals surface area contributed by atoms with Gasteiger partial charge in [0.25, 0.3) is 0 Å². The summed E-state index contributed by atoms with van der Waals surface area (Å²) in [5, 5.41) is 4.44. The van der Waals surface area contributed by atoms with Gasteiger partial charge in [0.2, 0.25) is 5.91 Å². The highest BCUT2D eigenvalue weighted by molar-refractivity contribution is 7.91. The van der Waals surface area contributed by atoms with E-state index in [1.807, 2.05) is 0 Å². The van der Waals surface area contributed by atoms with E-state index in [2.05, 4.69) is 10.5 Å². The van der Waals surface area contributed by atoms with Crippen LogP contribution in [0.2, 0.25) is 0 Å². The Morgan fingerprint density at radius 3 is 2.19 bits per heavy atom. The summed E-state index contributed by atoms with van der Waals surface area (Å²) in [5.74, 6) is 2.39. The van der Waals surface area contributed by atoms with Crippen LogP contribution < -0.4 is 5.43 Å². The van der Waals surface area contributed by atoms with E-state index in [4.69, 9.17) is 0 Å². The molecule has 4 bridgehead atoms. The predicted octanol–water partition coefficient (Wildman–Crippen LogP) is 1.35. The fourth-order valence-corrected chi connectivity index (χ4v) is 6.80. The number of hydrazone groups is 1. The maximum Gasteiger partial charge on any atom is 0.244 e. The van der Waals surface area contributed by atoms with Crippen molar-refractivity contribution in [3.8, 4) is 0 Å². The quantitative estimate of drug-likeness (QED) is 0.782. The van der Waals surface area contributed by atoms with E-state index in [0.717, 1.165) is 11.8 Å². The zero-order valence-electron chi connectivity index (χ0n) is 12.1. The van der Waals surface area contributed by atoms with Crippen molar-refractivity contribution in [3.05, 3.63) is 0 Å². The first kappa shape index (κ1) is 13.7. The zero-order valence-corrected chi connectivity index (χ0v) is 12.9. The van der Waals surface area contributed by atoms with Crippen molar-refractivity contribution in [2.24, 2.45) is 34.7 Å². The Hall–Kier alpha value is -0.910. The van der Waals surface area contributed by atoms with Gasteiger partial charge in [-0.2, -0.15) is 5.10 Å². The molecule has 5 fully saturated rings. The minimum Gasteiger partial charge on any atom is -0.273 e. The van der Waals surface area contributed by atoms with Crippen LogP contribution in [0.1, 0.15) is 38.5 Å². The Morgan fingerprint density at radius 2 is 1.67 bits per heavy atom. The van der Waals surface area contributed by atoms with E-state index >= 15 is 0 Å². The van der Waals surface area contributed by atoms with Crippen molar-refractivity contribution in [2.45, 2.75) is 38.5 Å². The number of rotatable bonds is 2. The van der Waals surface area contributed by atoms with Crippen molar-refractivity contribution in [1.82, 2.24) is 5.43 Å². The number of carbonyl (C=O) groups excluding carboxylic acids is 1. The van der Waals surface area contributed by atoms with Crippen LogP contribution in [0.5, 0.6) is 0 Å². The van der Waals surface area contributed by atoms with Crippen LogP contribution in [0.3, 0.4) is 0 Å². The summed E-state index contributed by atoms with van der Waals surface area (Å²) in [6.45, 7) is 0. The lowest BCUT2D eigenvalue weighted by Gasteiger charge is -2.50. The highest BCUT2D eigenvalue weighted by Gasteiger charge is 2.46. The molecule has 1 N–H and O–H groups in total. The molecule has 116 valence electrons. The number of nitrogens with zero attached hydrogens (tertiary/aromatic N) is 1. The molecule has 1 aliphatic heterocycles. The fraction of sp³-hybridized carbons (Fsp3) is 0.867. The second-order valence-corrected chi connectivity index (χ2v) is 9.65. The third-order valence-corrected chi connectivity index (χ3v) is 7.64. The number of sulfone groups is 1. The molecule has 0 aromatic carbocycles. The van der Waals surface area contributed by atoms with Crippen molar-refractivity contribution >= 4 is 21.5 Å². The molecule has 0 unspecified atom stereocenters. The Morgan fingerprint density at radius 1 is 1.05 bits per heavy atom. The summed E-state index contributed by atoms with van der Waals surface area (Å²) < 4.78 is 22.9. The molecule has 5 rings (SSSR count). The molecule has 4 saturated carbocycles. The van der Waals surface area contributed by atoms with Gasteiger partial charge in [-0.25, -0.2) is 13.8 Å². The summed E-state index contributed by atoms with van der Waals surface area (Å²) in [6.07, 6.45) is 6.78. The monoisotopic (exact) mass is 310 g/mol. The van der Waals surface area contributed by atoms with Gasteiger partial charge in [-0.1, -0.05) is 0 Å². The molecule has 1 saturated heterocycles. The van der Waals surface area contributed by atoms with Gasteiger partial charge in [0.15, 0.2) is 9.84 Å². The van der Waals surface area contributed by atoms with E-state index in [1.54, 1.807) is 0 Å². The standard InChI is InChI=1S/C15H22N2O3S/c18-15(11-1-2-21(19,20)8-11)17-16-14-12-4-9-3-10(6-12)7-13(14)5-9/h9-13H,1-8H2,(H,17,18)/t9?,10?,11-,12?,13?/m0/s1. The number of hydrogen-bond acceptors (Lipinski definition) is 4. The number of hydrogen-bond donors (Lipinski definition) is 1. The maximum atomic E-state index is 12.1. The molecule has 6 heteroatoms. The second kappa shape index (κ2) is 4.80. The smallest absolute Gasteiger partial charge is 0.244 e. The maximum absolute atomic E-state index is 12.1. The summed E-state index contributed by atoms with van der Waals surface area (Å²) in [6, 6.07) is 0. The topological polar surface area (TPSA) is 75.6 Å². The lowest BCUT2D eigenvalue weighted by atomic mass is 9.55. The molecule has 4 aliphatic carbocycles. The molecule has 0 spiro atoms. The molecule has 21 heavy (non-hydrogen) atoms. The lowest BCUT2D eigenvalue weighted by molar-refractivity contribution is -0.124.